The van der Waals surface area contributed by atoms with Crippen molar-refractivity contribution in [2.24, 2.45) is 0 Å². The topological polar surface area (TPSA) is 87.3 Å². The average molecular weight is 402 g/mol. The zero-order valence-electron chi connectivity index (χ0n) is 14.9. The molecule has 1 fully saturated rings. The minimum atomic E-state index is 0.146. The van der Waals surface area contributed by atoms with Gasteiger partial charge in [0.2, 0.25) is 6.79 Å². The zero-order chi connectivity index (χ0) is 19.1. The van der Waals surface area contributed by atoms with E-state index in [9.17, 15) is 0 Å². The van der Waals surface area contributed by atoms with E-state index in [0.717, 1.165) is 12.0 Å². The van der Waals surface area contributed by atoms with Gasteiger partial charge < -0.3 is 29.0 Å². The summed E-state index contributed by atoms with van der Waals surface area (Å²) in [5, 5.41) is 4.49. The highest BCUT2D eigenvalue weighted by Gasteiger charge is 2.25. The van der Waals surface area contributed by atoms with Crippen molar-refractivity contribution in [1.29, 1.82) is 0 Å². The highest BCUT2D eigenvalue weighted by atomic mass is 35.5. The summed E-state index contributed by atoms with van der Waals surface area (Å²) in [4.78, 5) is 8.71. The summed E-state index contributed by atoms with van der Waals surface area (Å²) < 4.78 is 27.5. The number of fused-ring (bicyclic) bond motifs is 2. The van der Waals surface area contributed by atoms with Gasteiger partial charge in [0.25, 0.3) is 0 Å². The smallest absolute Gasteiger partial charge is 0.231 e. The van der Waals surface area contributed by atoms with Crippen molar-refractivity contribution in [2.75, 3.05) is 32.4 Å². The third kappa shape index (κ3) is 3.10. The van der Waals surface area contributed by atoms with Crippen LogP contribution in [-0.2, 0) is 4.74 Å². The summed E-state index contributed by atoms with van der Waals surface area (Å²) in [5.74, 6) is 2.92. The number of rotatable bonds is 6. The Morgan fingerprint density at radius 2 is 2.11 bits per heavy atom. The van der Waals surface area contributed by atoms with Crippen molar-refractivity contribution < 1.29 is 23.7 Å². The van der Waals surface area contributed by atoms with E-state index in [2.05, 4.69) is 15.3 Å². The highest BCUT2D eigenvalue weighted by Crippen LogP contribution is 2.45. The fourth-order valence-corrected chi connectivity index (χ4v) is 3.16. The highest BCUT2D eigenvalue weighted by molar-refractivity contribution is 6.34. The van der Waals surface area contributed by atoms with Gasteiger partial charge in [0, 0.05) is 11.5 Å². The fraction of sp³-hybridized carbons (Fsp3) is 0.263. The second-order valence-electron chi connectivity index (χ2n) is 6.29. The largest absolute Gasteiger partial charge is 0.493 e. The molecular formula is C19H16ClN3O5. The Morgan fingerprint density at radius 3 is 2.93 bits per heavy atom. The number of hydrogen-bond donors (Lipinski definition) is 1. The molecule has 0 aliphatic carbocycles. The SMILES string of the molecule is COc1cc2c(Nc3c(Cl)ccc4c3OCO4)ncnc2cc1OC[C@@H]1CO1. The van der Waals surface area contributed by atoms with E-state index in [1.807, 2.05) is 12.1 Å². The van der Waals surface area contributed by atoms with Crippen molar-refractivity contribution in [3.8, 4) is 23.0 Å². The van der Waals surface area contributed by atoms with E-state index in [1.54, 1.807) is 19.2 Å². The molecule has 8 nitrogen and oxygen atoms in total. The van der Waals surface area contributed by atoms with E-state index in [-0.39, 0.29) is 12.9 Å². The first-order valence-corrected chi connectivity index (χ1v) is 9.03. The van der Waals surface area contributed by atoms with Crippen LogP contribution in [0, 0.1) is 0 Å². The van der Waals surface area contributed by atoms with Gasteiger partial charge in [-0.2, -0.15) is 0 Å². The summed E-state index contributed by atoms with van der Waals surface area (Å²) in [6.07, 6.45) is 1.62. The first kappa shape index (κ1) is 17.2. The maximum Gasteiger partial charge on any atom is 0.231 e. The first-order chi connectivity index (χ1) is 13.7. The van der Waals surface area contributed by atoms with Crippen LogP contribution in [-0.4, -0.2) is 43.2 Å². The molecule has 3 aromatic rings. The summed E-state index contributed by atoms with van der Waals surface area (Å²) in [5.41, 5.74) is 1.28. The van der Waals surface area contributed by atoms with Gasteiger partial charge in [0.15, 0.2) is 23.0 Å². The number of hydrogen-bond acceptors (Lipinski definition) is 8. The normalized spacial score (nSPS) is 16.9. The van der Waals surface area contributed by atoms with Crippen LogP contribution in [0.5, 0.6) is 23.0 Å². The average Bonchev–Trinajstić information content (AvgIpc) is 3.42. The van der Waals surface area contributed by atoms with E-state index in [0.29, 0.717) is 51.6 Å². The maximum atomic E-state index is 6.37. The molecule has 28 heavy (non-hydrogen) atoms. The minimum Gasteiger partial charge on any atom is -0.493 e. The summed E-state index contributed by atoms with van der Waals surface area (Å²) in [7, 11) is 1.59. The maximum absolute atomic E-state index is 6.37. The summed E-state index contributed by atoms with van der Waals surface area (Å²) >= 11 is 6.37. The predicted octanol–water partition coefficient (Wildman–Crippen LogP) is 3.54. The summed E-state index contributed by atoms with van der Waals surface area (Å²) in [6.45, 7) is 1.34. The van der Waals surface area contributed by atoms with Crippen LogP contribution < -0.4 is 24.3 Å². The number of halogens is 1. The molecule has 9 heteroatoms. The van der Waals surface area contributed by atoms with E-state index in [1.165, 1.54) is 6.33 Å². The van der Waals surface area contributed by atoms with Gasteiger partial charge in [0.05, 0.1) is 24.3 Å². The first-order valence-electron chi connectivity index (χ1n) is 8.65. The molecule has 0 amide bonds. The van der Waals surface area contributed by atoms with Gasteiger partial charge in [-0.15, -0.1) is 0 Å². The molecule has 1 saturated heterocycles. The standard InChI is InChI=1S/C19H16ClN3O5/c1-24-15-4-11-13(5-16(15)26-7-10-6-25-10)21-8-22-19(11)23-17-12(20)2-3-14-18(17)28-9-27-14/h2-5,8,10H,6-7,9H2,1H3,(H,21,22,23)/t10-/m0/s1. The minimum absolute atomic E-state index is 0.146. The lowest BCUT2D eigenvalue weighted by molar-refractivity contribution is 0.174. The molecule has 0 saturated carbocycles. The number of ether oxygens (including phenoxy) is 5. The predicted molar refractivity (Wildman–Crippen MR) is 102 cm³/mol. The lowest BCUT2D eigenvalue weighted by Gasteiger charge is -2.14. The Kier molecular flexibility index (Phi) is 4.22. The number of anilines is 2. The molecule has 1 N–H and O–H groups in total. The van der Waals surface area contributed by atoms with Crippen LogP contribution in [0.25, 0.3) is 10.9 Å². The van der Waals surface area contributed by atoms with Gasteiger partial charge in [-0.1, -0.05) is 11.6 Å². The van der Waals surface area contributed by atoms with Gasteiger partial charge in [0.1, 0.15) is 30.5 Å². The number of aromatic nitrogens is 2. The van der Waals surface area contributed by atoms with Crippen molar-refractivity contribution in [2.45, 2.75) is 6.10 Å². The summed E-state index contributed by atoms with van der Waals surface area (Å²) in [6, 6.07) is 7.16. The van der Waals surface area contributed by atoms with Gasteiger partial charge in [-0.3, -0.25) is 0 Å². The third-order valence-electron chi connectivity index (χ3n) is 4.48. The molecule has 5 rings (SSSR count). The van der Waals surface area contributed by atoms with Crippen LogP contribution in [0.2, 0.25) is 5.02 Å². The molecule has 144 valence electrons. The van der Waals surface area contributed by atoms with Crippen LogP contribution in [0.15, 0.2) is 30.6 Å². The van der Waals surface area contributed by atoms with Gasteiger partial charge in [-0.05, 0) is 18.2 Å². The number of benzene rings is 2. The number of epoxide rings is 1. The van der Waals surface area contributed by atoms with Crippen LogP contribution in [0.4, 0.5) is 11.5 Å². The lowest BCUT2D eigenvalue weighted by atomic mass is 10.2. The van der Waals surface area contributed by atoms with E-state index in [4.69, 9.17) is 35.3 Å². The van der Waals surface area contributed by atoms with E-state index >= 15 is 0 Å². The zero-order valence-corrected chi connectivity index (χ0v) is 15.7. The molecule has 1 atom stereocenters. The number of nitrogens with zero attached hydrogens (tertiary/aromatic N) is 2. The molecule has 0 bridgehead atoms. The van der Waals surface area contributed by atoms with Crippen LogP contribution in [0.1, 0.15) is 0 Å². The third-order valence-corrected chi connectivity index (χ3v) is 4.79. The molecule has 2 aliphatic heterocycles. The monoisotopic (exact) mass is 401 g/mol. The van der Waals surface area contributed by atoms with Crippen molar-refractivity contribution in [3.05, 3.63) is 35.6 Å². The van der Waals surface area contributed by atoms with Crippen LogP contribution in [0.3, 0.4) is 0 Å². The molecule has 0 unspecified atom stereocenters. The molecular weight excluding hydrogens is 386 g/mol. The van der Waals surface area contributed by atoms with Crippen molar-refractivity contribution in [1.82, 2.24) is 9.97 Å². The molecule has 1 aromatic heterocycles. The molecule has 3 heterocycles. The Morgan fingerprint density at radius 1 is 1.21 bits per heavy atom. The van der Waals surface area contributed by atoms with E-state index < -0.39 is 0 Å². The fourth-order valence-electron chi connectivity index (χ4n) is 2.97. The van der Waals surface area contributed by atoms with Crippen LogP contribution >= 0.6 is 11.6 Å². The molecule has 0 spiro atoms. The van der Waals surface area contributed by atoms with Crippen molar-refractivity contribution in [3.63, 3.8) is 0 Å². The molecule has 0 radical (unpaired) electrons. The Bertz CT molecular complexity index is 1060. The number of methoxy groups -OCH3 is 1. The molecule has 2 aromatic carbocycles. The lowest BCUT2D eigenvalue weighted by Crippen LogP contribution is -2.05. The second-order valence-corrected chi connectivity index (χ2v) is 6.70. The number of nitrogens with one attached hydrogen (secondary N) is 1. The van der Waals surface area contributed by atoms with Gasteiger partial charge in [-0.25, -0.2) is 9.97 Å². The Balaban J connectivity index is 1.54. The quantitative estimate of drug-likeness (QED) is 0.627. The Labute approximate surface area is 165 Å². The van der Waals surface area contributed by atoms with Gasteiger partial charge >= 0.3 is 0 Å². The second kappa shape index (κ2) is 6.88. The van der Waals surface area contributed by atoms with Crippen molar-refractivity contribution >= 4 is 34.0 Å². The molecule has 2 aliphatic rings. The Hall–Kier alpha value is -2.97.